The largest absolute Gasteiger partial charge is 0.168 e. The van der Waals surface area contributed by atoms with Gasteiger partial charge in [0.05, 0.1) is 0 Å². The Hall–Kier alpha value is -2.16. The van der Waals surface area contributed by atoms with Gasteiger partial charge < -0.3 is 0 Å². The van der Waals surface area contributed by atoms with Crippen molar-refractivity contribution in [2.45, 2.75) is 106 Å². The Kier molecular flexibility index (Phi) is 10.2. The minimum Gasteiger partial charge on any atom is -0.168 e. The third-order valence-electron chi connectivity index (χ3n) is 9.90. The molecule has 0 spiro atoms. The fourth-order valence-corrected chi connectivity index (χ4v) is 9.06. The van der Waals surface area contributed by atoms with Crippen LogP contribution in [0.5, 0.6) is 0 Å². The summed E-state index contributed by atoms with van der Waals surface area (Å²) < 4.78 is 0. The Labute approximate surface area is 289 Å². The van der Waals surface area contributed by atoms with Gasteiger partial charge in [-0.05, 0) is 88.8 Å². The van der Waals surface area contributed by atoms with Gasteiger partial charge in [-0.3, -0.25) is 0 Å². The van der Waals surface area contributed by atoms with Crippen molar-refractivity contribution in [2.24, 2.45) is 5.92 Å². The summed E-state index contributed by atoms with van der Waals surface area (Å²) in [4.78, 5) is 0. The van der Waals surface area contributed by atoms with Gasteiger partial charge in [0.25, 0.3) is 0 Å². The second-order valence-electron chi connectivity index (χ2n) is 15.3. The number of hydrogen-bond acceptors (Lipinski definition) is 0. The molecule has 0 aromatic heterocycles. The summed E-state index contributed by atoms with van der Waals surface area (Å²) in [6.45, 7) is 28.5. The predicted octanol–water partition coefficient (Wildman–Crippen LogP) is 10.4. The summed E-state index contributed by atoms with van der Waals surface area (Å²) in [6, 6.07) is 25.7. The van der Waals surface area contributed by atoms with Gasteiger partial charge in [-0.1, -0.05) is 126 Å². The molecule has 44 heavy (non-hydrogen) atoms. The molecule has 1 atom stereocenters. The maximum Gasteiger partial charge on any atom is 0.122 e. The van der Waals surface area contributed by atoms with Crippen LogP contribution in [0, 0.1) is 5.92 Å². The van der Waals surface area contributed by atoms with Crippen molar-refractivity contribution >= 4 is 30.7 Å². The monoisotopic (exact) mass is 763 g/mol. The summed E-state index contributed by atoms with van der Waals surface area (Å²) in [6.07, 6.45) is 1.05. The smallest absolute Gasteiger partial charge is 0.122 e. The first-order valence-corrected chi connectivity index (χ1v) is 17.2. The molecule has 0 N–H and O–H groups in total. The average molecular weight is 762 g/mol. The fourth-order valence-electron chi connectivity index (χ4n) is 7.22. The van der Waals surface area contributed by atoms with Crippen LogP contribution in [0.4, 0.5) is 0 Å². The zero-order valence-corrected chi connectivity index (χ0v) is 33.8. The van der Waals surface area contributed by atoms with Crippen molar-refractivity contribution in [1.29, 1.82) is 0 Å². The van der Waals surface area contributed by atoms with Crippen LogP contribution >= 0.6 is 0 Å². The van der Waals surface area contributed by atoms with Crippen LogP contribution in [0.3, 0.4) is 0 Å². The molecular weight excluding hydrogens is 711 g/mol. The van der Waals surface area contributed by atoms with E-state index in [1.54, 1.807) is 16.3 Å². The molecular formula is C42H51HfSi-. The molecule has 2 heteroatoms. The van der Waals surface area contributed by atoms with E-state index >= 15 is 0 Å². The van der Waals surface area contributed by atoms with E-state index in [1.165, 1.54) is 60.5 Å². The van der Waals surface area contributed by atoms with E-state index in [-0.39, 0.29) is 36.7 Å². The van der Waals surface area contributed by atoms with Gasteiger partial charge in [0.1, 0.15) is 9.52 Å². The van der Waals surface area contributed by atoms with Crippen LogP contribution in [0.15, 0.2) is 89.0 Å². The minimum atomic E-state index is 0. The van der Waals surface area contributed by atoms with Crippen molar-refractivity contribution in [1.82, 2.24) is 0 Å². The molecule has 0 amide bonds. The van der Waals surface area contributed by atoms with Crippen molar-refractivity contribution in [3.05, 3.63) is 111 Å². The van der Waals surface area contributed by atoms with Gasteiger partial charge in [0, 0.05) is 25.8 Å². The standard InChI is InChI=1S/C42H51Si.Hf/c1-25(2)38-36(34-18-14-16-31-15-13-17-33(31)34)24-37(41(7,8)9)40(39(38)42(10,11)12)43-32-21-19-30(20-22-32)23-35-28(5)26(3)27(4)29(35)6;/h13-22,24-25,28H,23H2,1-12H3;/q-1;. The van der Waals surface area contributed by atoms with Crippen LogP contribution in [-0.2, 0) is 43.1 Å². The molecule has 0 heterocycles. The van der Waals surface area contributed by atoms with Gasteiger partial charge >= 0.3 is 0 Å². The molecule has 0 aliphatic heterocycles. The third-order valence-corrected chi connectivity index (χ3v) is 11.3. The maximum atomic E-state index is 2.57. The summed E-state index contributed by atoms with van der Waals surface area (Å²) >= 11 is 0. The fraction of sp³-hybridized carbons (Fsp3) is 0.405. The molecule has 1 aliphatic rings. The first kappa shape index (κ1) is 34.7. The SMILES string of the molecule is CC1=C(C)C(C)C(Cc2ccc([Si]c3c(C(C)(C)C)cc(-c4cccc5[cH-]ccc45)c(C(C)C)c3C(C)(C)C)cc2)=C1C.[Hf]. The van der Waals surface area contributed by atoms with Crippen LogP contribution in [0.1, 0.15) is 111 Å². The molecule has 0 bridgehead atoms. The molecule has 4 aromatic rings. The molecule has 2 radical (unpaired) electrons. The van der Waals surface area contributed by atoms with Crippen LogP contribution in [-0.4, -0.2) is 9.52 Å². The number of allylic oxidation sites excluding steroid dienone is 4. The normalized spacial score (nSPS) is 16.0. The Morgan fingerprint density at radius 1 is 0.818 bits per heavy atom. The maximum absolute atomic E-state index is 2.57. The van der Waals surface area contributed by atoms with Gasteiger partial charge in [-0.25, -0.2) is 0 Å². The topological polar surface area (TPSA) is 0 Å². The number of hydrogen-bond donors (Lipinski definition) is 0. The number of benzene rings is 3. The zero-order valence-electron chi connectivity index (χ0n) is 29.2. The summed E-state index contributed by atoms with van der Waals surface area (Å²) in [7, 11) is 0.619. The Morgan fingerprint density at radius 3 is 2.02 bits per heavy atom. The van der Waals surface area contributed by atoms with Gasteiger partial charge in [0.2, 0.25) is 0 Å². The Balaban J connectivity index is 0.00000442. The molecule has 4 aromatic carbocycles. The molecule has 228 valence electrons. The molecule has 0 fully saturated rings. The third kappa shape index (κ3) is 6.54. The average Bonchev–Trinajstić information content (AvgIpc) is 3.48. The van der Waals surface area contributed by atoms with Crippen LogP contribution in [0.2, 0.25) is 0 Å². The molecule has 1 unspecified atom stereocenters. The zero-order chi connectivity index (χ0) is 31.4. The first-order valence-electron chi connectivity index (χ1n) is 16.2. The van der Waals surface area contributed by atoms with Crippen molar-refractivity contribution < 1.29 is 25.8 Å². The summed E-state index contributed by atoms with van der Waals surface area (Å²) in [5.74, 6) is 0.970. The minimum absolute atomic E-state index is 0. The van der Waals surface area contributed by atoms with E-state index < -0.39 is 0 Å². The predicted molar refractivity (Wildman–Crippen MR) is 192 cm³/mol. The Morgan fingerprint density at radius 2 is 1.48 bits per heavy atom. The number of rotatable bonds is 6. The quantitative estimate of drug-likeness (QED) is 0.136. The second-order valence-corrected chi connectivity index (χ2v) is 16.6. The molecule has 0 saturated heterocycles. The summed E-state index contributed by atoms with van der Waals surface area (Å²) in [5.41, 5.74) is 14.9. The molecule has 0 nitrogen and oxygen atoms in total. The van der Waals surface area contributed by atoms with Gasteiger partial charge in [-0.2, -0.15) is 12.1 Å². The molecule has 5 rings (SSSR count). The Bertz CT molecular complexity index is 1730. The van der Waals surface area contributed by atoms with E-state index in [0.29, 0.717) is 21.4 Å². The van der Waals surface area contributed by atoms with Gasteiger partial charge in [-0.15, -0.1) is 29.0 Å². The van der Waals surface area contributed by atoms with Crippen molar-refractivity contribution in [3.63, 3.8) is 0 Å². The van der Waals surface area contributed by atoms with Crippen molar-refractivity contribution in [2.75, 3.05) is 0 Å². The van der Waals surface area contributed by atoms with Crippen LogP contribution < -0.4 is 10.4 Å². The van der Waals surface area contributed by atoms with Crippen molar-refractivity contribution in [3.8, 4) is 11.1 Å². The van der Waals surface area contributed by atoms with Crippen LogP contribution in [0.25, 0.3) is 21.9 Å². The second kappa shape index (κ2) is 12.9. The molecule has 1 aliphatic carbocycles. The van der Waals surface area contributed by atoms with E-state index in [4.69, 9.17) is 0 Å². The van der Waals surface area contributed by atoms with E-state index in [0.717, 1.165) is 6.42 Å². The number of fused-ring (bicyclic) bond motifs is 1. The first-order chi connectivity index (χ1) is 20.1. The van der Waals surface area contributed by atoms with E-state index in [2.05, 4.69) is 150 Å². The van der Waals surface area contributed by atoms with E-state index in [1.807, 2.05) is 0 Å². The summed E-state index contributed by atoms with van der Waals surface area (Å²) in [5, 5.41) is 5.66. The van der Waals surface area contributed by atoms with E-state index in [9.17, 15) is 0 Å². The van der Waals surface area contributed by atoms with Gasteiger partial charge in [0.15, 0.2) is 0 Å². The molecule has 0 saturated carbocycles.